The van der Waals surface area contributed by atoms with Crippen molar-refractivity contribution in [3.8, 4) is 0 Å². The van der Waals surface area contributed by atoms with Crippen molar-refractivity contribution in [2.75, 3.05) is 5.73 Å². The van der Waals surface area contributed by atoms with Gasteiger partial charge in [0, 0.05) is 11.6 Å². The van der Waals surface area contributed by atoms with Crippen molar-refractivity contribution in [3.05, 3.63) is 27.5 Å². The Bertz CT molecular complexity index is 346. The third-order valence-electron chi connectivity index (χ3n) is 1.57. The molecule has 0 atom stereocenters. The fraction of sp³-hybridized carbons (Fsp3) is 0.286. The number of nitrogen functional groups attached to an aromatic ring is 1. The quantitative estimate of drug-likeness (QED) is 0.672. The van der Waals surface area contributed by atoms with Crippen LogP contribution in [0.5, 0.6) is 0 Å². The van der Waals surface area contributed by atoms with Gasteiger partial charge in [-0.1, -0.05) is 0 Å². The lowest BCUT2D eigenvalue weighted by Crippen LogP contribution is -2.11. The van der Waals surface area contributed by atoms with Crippen LogP contribution in [-0.4, -0.2) is 4.98 Å². The Morgan fingerprint density at radius 3 is 2.58 bits per heavy atom. The summed E-state index contributed by atoms with van der Waals surface area (Å²) in [6.07, 6.45) is -2.69. The Labute approximate surface area is 67.2 Å². The van der Waals surface area contributed by atoms with Crippen LogP contribution in [0.1, 0.15) is 17.7 Å². The number of alkyl halides is 2. The molecular formula is C7H8F2N2O. The van der Waals surface area contributed by atoms with E-state index in [2.05, 4.69) is 4.98 Å². The molecule has 1 rings (SSSR count). The normalized spacial score (nSPS) is 10.7. The molecule has 0 radical (unpaired) electrons. The zero-order valence-corrected chi connectivity index (χ0v) is 6.40. The first-order valence-corrected chi connectivity index (χ1v) is 3.30. The smallest absolute Gasteiger partial charge is 0.278 e. The molecule has 0 amide bonds. The second kappa shape index (κ2) is 2.92. The molecule has 0 aliphatic carbocycles. The summed E-state index contributed by atoms with van der Waals surface area (Å²) in [5.41, 5.74) is 4.62. The molecule has 3 nitrogen and oxygen atoms in total. The third kappa shape index (κ3) is 1.44. The molecule has 0 saturated heterocycles. The lowest BCUT2D eigenvalue weighted by molar-refractivity contribution is 0.146. The van der Waals surface area contributed by atoms with Gasteiger partial charge in [0.1, 0.15) is 5.82 Å². The molecule has 66 valence electrons. The zero-order valence-electron chi connectivity index (χ0n) is 6.40. The van der Waals surface area contributed by atoms with E-state index in [4.69, 9.17) is 5.73 Å². The first-order valence-electron chi connectivity index (χ1n) is 3.30. The Balaban J connectivity index is 3.31. The molecular weight excluding hydrogens is 166 g/mol. The summed E-state index contributed by atoms with van der Waals surface area (Å²) < 4.78 is 24.1. The van der Waals surface area contributed by atoms with Gasteiger partial charge in [-0.05, 0) is 6.92 Å². The van der Waals surface area contributed by atoms with Gasteiger partial charge in [0.05, 0.1) is 5.69 Å². The number of nitrogens with one attached hydrogen (secondary N) is 1. The van der Waals surface area contributed by atoms with Gasteiger partial charge in [-0.3, -0.25) is 4.79 Å². The standard InChI is InChI=1S/C7H8F2N2O/c1-3-5(12)2-4(6(8)9)11-7(3)10/h2,6H,1H3,(H3,10,11,12). The molecule has 12 heavy (non-hydrogen) atoms. The largest absolute Gasteiger partial charge is 0.385 e. The minimum atomic E-state index is -2.69. The maximum absolute atomic E-state index is 12.0. The average Bonchev–Trinajstić information content (AvgIpc) is 1.99. The van der Waals surface area contributed by atoms with E-state index < -0.39 is 17.5 Å². The molecule has 0 saturated carbocycles. The Hall–Kier alpha value is -1.39. The highest BCUT2D eigenvalue weighted by molar-refractivity contribution is 5.39. The summed E-state index contributed by atoms with van der Waals surface area (Å²) in [6, 6.07) is 0.857. The van der Waals surface area contributed by atoms with Gasteiger partial charge in [-0.2, -0.15) is 0 Å². The van der Waals surface area contributed by atoms with E-state index in [1.807, 2.05) is 0 Å². The monoisotopic (exact) mass is 174 g/mol. The third-order valence-corrected chi connectivity index (χ3v) is 1.57. The number of H-pyrrole nitrogens is 1. The van der Waals surface area contributed by atoms with E-state index in [9.17, 15) is 13.6 Å². The molecule has 0 aliphatic heterocycles. The van der Waals surface area contributed by atoms with Gasteiger partial charge >= 0.3 is 0 Å². The fourth-order valence-corrected chi connectivity index (χ4v) is 0.785. The number of aromatic amines is 1. The first-order chi connectivity index (χ1) is 5.52. The predicted molar refractivity (Wildman–Crippen MR) is 41.2 cm³/mol. The Morgan fingerprint density at radius 2 is 2.17 bits per heavy atom. The van der Waals surface area contributed by atoms with E-state index in [-0.39, 0.29) is 11.4 Å². The number of aromatic nitrogens is 1. The van der Waals surface area contributed by atoms with Crippen LogP contribution in [-0.2, 0) is 0 Å². The summed E-state index contributed by atoms with van der Waals surface area (Å²) in [5, 5.41) is 0. The molecule has 1 aromatic rings. The molecule has 0 unspecified atom stereocenters. The number of rotatable bonds is 1. The van der Waals surface area contributed by atoms with Gasteiger partial charge in [0.2, 0.25) is 0 Å². The second-order valence-corrected chi connectivity index (χ2v) is 2.43. The van der Waals surface area contributed by atoms with Crippen LogP contribution < -0.4 is 11.2 Å². The minimum absolute atomic E-state index is 0.00204. The van der Waals surface area contributed by atoms with Crippen LogP contribution in [0.4, 0.5) is 14.6 Å². The number of anilines is 1. The average molecular weight is 174 g/mol. The van der Waals surface area contributed by atoms with Crippen molar-refractivity contribution < 1.29 is 8.78 Å². The summed E-state index contributed by atoms with van der Waals surface area (Å²) in [4.78, 5) is 13.2. The summed E-state index contributed by atoms with van der Waals surface area (Å²) in [7, 11) is 0. The number of hydrogen-bond donors (Lipinski definition) is 2. The summed E-state index contributed by atoms with van der Waals surface area (Å²) >= 11 is 0. The maximum Gasteiger partial charge on any atom is 0.278 e. The van der Waals surface area contributed by atoms with E-state index >= 15 is 0 Å². The van der Waals surface area contributed by atoms with Crippen molar-refractivity contribution in [2.45, 2.75) is 13.3 Å². The van der Waals surface area contributed by atoms with Gasteiger partial charge in [-0.25, -0.2) is 8.78 Å². The number of nitrogens with two attached hydrogens (primary N) is 1. The molecule has 5 heteroatoms. The molecule has 0 fully saturated rings. The minimum Gasteiger partial charge on any atom is -0.385 e. The van der Waals surface area contributed by atoms with Gasteiger partial charge in [0.15, 0.2) is 5.43 Å². The van der Waals surface area contributed by atoms with Gasteiger partial charge in [-0.15, -0.1) is 0 Å². The van der Waals surface area contributed by atoms with Crippen LogP contribution in [0.15, 0.2) is 10.9 Å². The summed E-state index contributed by atoms with van der Waals surface area (Å²) in [5.74, 6) is -0.00204. The lowest BCUT2D eigenvalue weighted by atomic mass is 10.2. The fourth-order valence-electron chi connectivity index (χ4n) is 0.785. The molecule has 0 aromatic carbocycles. The van der Waals surface area contributed by atoms with Crippen molar-refractivity contribution in [1.29, 1.82) is 0 Å². The summed E-state index contributed by atoms with van der Waals surface area (Å²) in [6.45, 7) is 1.48. The van der Waals surface area contributed by atoms with Crippen LogP contribution in [0, 0.1) is 6.92 Å². The topological polar surface area (TPSA) is 58.9 Å². The molecule has 0 spiro atoms. The molecule has 1 heterocycles. The number of pyridine rings is 1. The Kier molecular flexibility index (Phi) is 2.12. The molecule has 1 aromatic heterocycles. The predicted octanol–water partition coefficient (Wildman–Crippen LogP) is 1.20. The van der Waals surface area contributed by atoms with Gasteiger partial charge in [0.25, 0.3) is 6.43 Å². The van der Waals surface area contributed by atoms with Crippen LogP contribution in [0.25, 0.3) is 0 Å². The van der Waals surface area contributed by atoms with Crippen LogP contribution in [0.3, 0.4) is 0 Å². The Morgan fingerprint density at radius 1 is 1.58 bits per heavy atom. The van der Waals surface area contributed by atoms with Crippen molar-refractivity contribution in [3.63, 3.8) is 0 Å². The lowest BCUT2D eigenvalue weighted by Gasteiger charge is -2.03. The van der Waals surface area contributed by atoms with E-state index in [0.717, 1.165) is 6.07 Å². The first kappa shape index (κ1) is 8.70. The van der Waals surface area contributed by atoms with E-state index in [1.54, 1.807) is 0 Å². The van der Waals surface area contributed by atoms with E-state index in [1.165, 1.54) is 6.92 Å². The van der Waals surface area contributed by atoms with Crippen molar-refractivity contribution >= 4 is 5.82 Å². The highest BCUT2D eigenvalue weighted by atomic mass is 19.3. The number of halogens is 2. The molecule has 3 N–H and O–H groups in total. The highest BCUT2D eigenvalue weighted by Gasteiger charge is 2.10. The van der Waals surface area contributed by atoms with Crippen LogP contribution >= 0.6 is 0 Å². The SMILES string of the molecule is Cc1c(N)[nH]c(C(F)F)cc1=O. The van der Waals surface area contributed by atoms with E-state index in [0.29, 0.717) is 0 Å². The zero-order chi connectivity index (χ0) is 9.30. The maximum atomic E-state index is 12.0. The molecule has 0 aliphatic rings. The molecule has 0 bridgehead atoms. The second-order valence-electron chi connectivity index (χ2n) is 2.43. The van der Waals surface area contributed by atoms with Gasteiger partial charge < -0.3 is 10.7 Å². The van der Waals surface area contributed by atoms with Crippen molar-refractivity contribution in [1.82, 2.24) is 4.98 Å². The van der Waals surface area contributed by atoms with Crippen LogP contribution in [0.2, 0.25) is 0 Å². The van der Waals surface area contributed by atoms with Crippen molar-refractivity contribution in [2.24, 2.45) is 0 Å². The highest BCUT2D eigenvalue weighted by Crippen LogP contribution is 2.16. The number of hydrogen-bond acceptors (Lipinski definition) is 2.